The molecule has 88 valence electrons. The van der Waals surface area contributed by atoms with Gasteiger partial charge in [0.2, 0.25) is 5.78 Å². The van der Waals surface area contributed by atoms with Crippen molar-refractivity contribution in [3.05, 3.63) is 0 Å². The Labute approximate surface area is 86.5 Å². The molecule has 0 amide bonds. The maximum absolute atomic E-state index is 9.91. The average Bonchev–Trinajstić information content (AvgIpc) is 2.15. The van der Waals surface area contributed by atoms with Crippen molar-refractivity contribution in [2.45, 2.75) is 32.4 Å². The van der Waals surface area contributed by atoms with Crippen molar-refractivity contribution in [1.29, 1.82) is 0 Å². The first-order valence-electron chi connectivity index (χ1n) is 4.16. The first kappa shape index (κ1) is 16.0. The summed E-state index contributed by atoms with van der Waals surface area (Å²) in [4.78, 5) is 29.3. The second-order valence-corrected chi connectivity index (χ2v) is 2.69. The highest BCUT2D eigenvalue weighted by Gasteiger charge is 2.16. The van der Waals surface area contributed by atoms with Crippen LogP contribution in [0, 0.1) is 0 Å². The molecule has 0 aromatic heterocycles. The summed E-state index contributed by atoms with van der Waals surface area (Å²) >= 11 is 0. The van der Waals surface area contributed by atoms with Crippen molar-refractivity contribution in [2.75, 3.05) is 0 Å². The highest BCUT2D eigenvalue weighted by Crippen LogP contribution is 1.85. The van der Waals surface area contributed by atoms with Crippen molar-refractivity contribution < 1.29 is 29.7 Å². The Hall–Kier alpha value is -1.47. The standard InChI is InChI=1S/C4H9NO3.C4H6O3/c1-2(6)3(5)4(7)8;1-2-3(5)4(6)7/h2-3,6H,5H2,1H3,(H,7,8);2H2,1H3,(H,6,7). The van der Waals surface area contributed by atoms with Gasteiger partial charge in [0, 0.05) is 6.42 Å². The Kier molecular flexibility index (Phi) is 8.40. The number of rotatable bonds is 4. The molecule has 0 rings (SSSR count). The van der Waals surface area contributed by atoms with Gasteiger partial charge in [0.15, 0.2) is 0 Å². The Bertz CT molecular complexity index is 237. The Morgan fingerprint density at radius 2 is 1.67 bits per heavy atom. The second kappa shape index (κ2) is 7.89. The lowest BCUT2D eigenvalue weighted by Gasteiger charge is -2.06. The van der Waals surface area contributed by atoms with Gasteiger partial charge in [0.25, 0.3) is 0 Å². The van der Waals surface area contributed by atoms with Crippen LogP contribution in [-0.2, 0) is 14.4 Å². The lowest BCUT2D eigenvalue weighted by atomic mass is 10.2. The average molecular weight is 221 g/mol. The summed E-state index contributed by atoms with van der Waals surface area (Å²) < 4.78 is 0. The van der Waals surface area contributed by atoms with E-state index in [0.29, 0.717) is 0 Å². The monoisotopic (exact) mass is 221 g/mol. The molecule has 2 atom stereocenters. The normalized spacial score (nSPS) is 13.1. The van der Waals surface area contributed by atoms with Gasteiger partial charge < -0.3 is 21.1 Å². The molecule has 0 aliphatic carbocycles. The van der Waals surface area contributed by atoms with Crippen LogP contribution in [0.5, 0.6) is 0 Å². The van der Waals surface area contributed by atoms with Crippen molar-refractivity contribution in [2.24, 2.45) is 5.73 Å². The largest absolute Gasteiger partial charge is 0.480 e. The number of carboxylic acid groups (broad SMARTS) is 2. The SMILES string of the molecule is CC(O)C(N)C(=O)O.CCC(=O)C(=O)O. The number of carboxylic acids is 2. The number of Topliss-reactive ketones (excluding diaryl/α,β-unsaturated/α-hetero) is 1. The molecule has 0 radical (unpaired) electrons. The molecule has 5 N–H and O–H groups in total. The molecular weight excluding hydrogens is 206 g/mol. The molecular formula is C8H15NO6. The molecule has 15 heavy (non-hydrogen) atoms. The number of hydrogen-bond donors (Lipinski definition) is 4. The van der Waals surface area contributed by atoms with E-state index in [9.17, 15) is 14.4 Å². The van der Waals surface area contributed by atoms with Gasteiger partial charge in [-0.1, -0.05) is 6.92 Å². The molecule has 7 heteroatoms. The van der Waals surface area contributed by atoms with Crippen LogP contribution in [0.25, 0.3) is 0 Å². The van der Waals surface area contributed by atoms with Gasteiger partial charge in [-0.15, -0.1) is 0 Å². The Morgan fingerprint density at radius 1 is 1.27 bits per heavy atom. The molecule has 0 aromatic carbocycles. The molecule has 0 aliphatic rings. The van der Waals surface area contributed by atoms with Gasteiger partial charge in [-0.25, -0.2) is 4.79 Å². The zero-order valence-electron chi connectivity index (χ0n) is 8.51. The third-order valence-electron chi connectivity index (χ3n) is 1.36. The fourth-order valence-electron chi connectivity index (χ4n) is 0.358. The summed E-state index contributed by atoms with van der Waals surface area (Å²) in [6, 6.07) is -1.16. The molecule has 0 aliphatic heterocycles. The second-order valence-electron chi connectivity index (χ2n) is 2.69. The third-order valence-corrected chi connectivity index (χ3v) is 1.36. The minimum atomic E-state index is -1.34. The third kappa shape index (κ3) is 8.85. The summed E-state index contributed by atoms with van der Waals surface area (Å²) in [5.41, 5.74) is 4.91. The fraction of sp³-hybridized carbons (Fsp3) is 0.625. The molecule has 0 saturated heterocycles. The van der Waals surface area contributed by atoms with Crippen LogP contribution in [0.15, 0.2) is 0 Å². The number of hydrogen-bond acceptors (Lipinski definition) is 5. The van der Waals surface area contributed by atoms with Crippen LogP contribution in [0.3, 0.4) is 0 Å². The van der Waals surface area contributed by atoms with E-state index in [-0.39, 0.29) is 6.42 Å². The summed E-state index contributed by atoms with van der Waals surface area (Å²) in [6.45, 7) is 2.84. The van der Waals surface area contributed by atoms with E-state index in [2.05, 4.69) is 0 Å². The van der Waals surface area contributed by atoms with Crippen LogP contribution >= 0.6 is 0 Å². The molecule has 0 saturated carbocycles. The number of carbonyl (C=O) groups is 3. The Balaban J connectivity index is 0. The quantitative estimate of drug-likeness (QED) is 0.438. The van der Waals surface area contributed by atoms with Gasteiger partial charge in [-0.05, 0) is 6.92 Å². The van der Waals surface area contributed by atoms with Crippen LogP contribution < -0.4 is 5.73 Å². The summed E-state index contributed by atoms with van der Waals surface area (Å²) in [7, 11) is 0. The lowest BCUT2D eigenvalue weighted by molar-refractivity contribution is -0.148. The molecule has 0 fully saturated rings. The highest BCUT2D eigenvalue weighted by molar-refractivity contribution is 6.32. The number of carbonyl (C=O) groups excluding carboxylic acids is 1. The van der Waals surface area contributed by atoms with Gasteiger partial charge in [0.05, 0.1) is 6.10 Å². The predicted octanol–water partition coefficient (Wildman–Crippen LogP) is -1.17. The molecule has 0 heterocycles. The summed E-state index contributed by atoms with van der Waals surface area (Å²) in [5, 5.41) is 24.4. The predicted molar refractivity (Wildman–Crippen MR) is 50.2 cm³/mol. The van der Waals surface area contributed by atoms with Crippen LogP contribution in [0.1, 0.15) is 20.3 Å². The van der Waals surface area contributed by atoms with E-state index in [0.717, 1.165) is 0 Å². The summed E-state index contributed by atoms with van der Waals surface area (Å²) in [5.74, 6) is -3.26. The first-order chi connectivity index (χ1) is 6.73. The maximum atomic E-state index is 9.91. The van der Waals surface area contributed by atoms with E-state index in [1.807, 2.05) is 0 Å². The molecule has 7 nitrogen and oxygen atoms in total. The zero-order valence-corrected chi connectivity index (χ0v) is 8.51. The van der Waals surface area contributed by atoms with E-state index in [1.54, 1.807) is 0 Å². The summed E-state index contributed by atoms with van der Waals surface area (Å²) in [6.07, 6.45) is -0.900. The number of aliphatic hydroxyl groups excluding tert-OH is 1. The zero-order chi connectivity index (χ0) is 12.6. The topological polar surface area (TPSA) is 138 Å². The number of aliphatic carboxylic acids is 2. The van der Waals surface area contributed by atoms with Gasteiger partial charge in [-0.3, -0.25) is 9.59 Å². The minimum absolute atomic E-state index is 0.0787. The van der Waals surface area contributed by atoms with Crippen LogP contribution in [0.2, 0.25) is 0 Å². The van der Waals surface area contributed by atoms with Gasteiger partial charge >= 0.3 is 11.9 Å². The number of ketones is 1. The maximum Gasteiger partial charge on any atom is 0.372 e. The van der Waals surface area contributed by atoms with Crippen LogP contribution in [-0.4, -0.2) is 45.2 Å². The molecule has 0 spiro atoms. The van der Waals surface area contributed by atoms with Crippen molar-refractivity contribution >= 4 is 17.7 Å². The van der Waals surface area contributed by atoms with Crippen molar-refractivity contribution in [3.8, 4) is 0 Å². The van der Waals surface area contributed by atoms with Crippen molar-refractivity contribution in [3.63, 3.8) is 0 Å². The molecule has 2 unspecified atom stereocenters. The highest BCUT2D eigenvalue weighted by atomic mass is 16.4. The Morgan fingerprint density at radius 3 is 1.67 bits per heavy atom. The fourth-order valence-corrected chi connectivity index (χ4v) is 0.358. The van der Waals surface area contributed by atoms with E-state index in [4.69, 9.17) is 21.1 Å². The lowest BCUT2D eigenvalue weighted by Crippen LogP contribution is -2.39. The van der Waals surface area contributed by atoms with Crippen molar-refractivity contribution in [1.82, 2.24) is 0 Å². The smallest absolute Gasteiger partial charge is 0.372 e. The van der Waals surface area contributed by atoms with Gasteiger partial charge in [0.1, 0.15) is 6.04 Å². The van der Waals surface area contributed by atoms with E-state index in [1.165, 1.54) is 13.8 Å². The van der Waals surface area contributed by atoms with Gasteiger partial charge in [-0.2, -0.15) is 0 Å². The number of aliphatic hydroxyl groups is 1. The molecule has 0 bridgehead atoms. The first-order valence-corrected chi connectivity index (χ1v) is 4.16. The van der Waals surface area contributed by atoms with E-state index < -0.39 is 29.9 Å². The van der Waals surface area contributed by atoms with E-state index >= 15 is 0 Å². The van der Waals surface area contributed by atoms with Crippen LogP contribution in [0.4, 0.5) is 0 Å². The minimum Gasteiger partial charge on any atom is -0.480 e. The number of nitrogens with two attached hydrogens (primary N) is 1. The molecule has 0 aromatic rings.